The average Bonchev–Trinajstić information content (AvgIpc) is 2.68. The summed E-state index contributed by atoms with van der Waals surface area (Å²) in [7, 11) is 0. The summed E-state index contributed by atoms with van der Waals surface area (Å²) in [6, 6.07) is 18.1. The molecular formula is C23H26N6S. The zero-order chi connectivity index (χ0) is 21.5. The Labute approximate surface area is 182 Å². The molecule has 1 aromatic heterocycles. The highest BCUT2D eigenvalue weighted by Gasteiger charge is 2.08. The standard InChI is InChI=1S/C23H26N6S/c1-15-10-11-20(16(2)12-15)27-23(30)29-21(24-14-19-8-6-5-7-9-19)28-22-25-17(3)13-18(4)26-22/h5-13H,14H2,1-4H3,(H3,24,25,26,27,28,29,30). The molecule has 0 aliphatic rings. The van der Waals surface area contributed by atoms with Gasteiger partial charge in [-0.15, -0.1) is 0 Å². The van der Waals surface area contributed by atoms with Crippen molar-refractivity contribution >= 4 is 34.9 Å². The first kappa shape index (κ1) is 21.4. The van der Waals surface area contributed by atoms with Crippen molar-refractivity contribution < 1.29 is 0 Å². The molecule has 3 N–H and O–H groups in total. The summed E-state index contributed by atoms with van der Waals surface area (Å²) in [4.78, 5) is 13.5. The van der Waals surface area contributed by atoms with E-state index >= 15 is 0 Å². The minimum Gasteiger partial charge on any atom is -0.332 e. The lowest BCUT2D eigenvalue weighted by atomic mass is 10.1. The number of hydrogen-bond donors (Lipinski definition) is 3. The minimum absolute atomic E-state index is 0.436. The minimum atomic E-state index is 0.436. The van der Waals surface area contributed by atoms with Crippen LogP contribution in [-0.2, 0) is 6.54 Å². The van der Waals surface area contributed by atoms with Gasteiger partial charge in [0.1, 0.15) is 0 Å². The molecule has 0 fully saturated rings. The van der Waals surface area contributed by atoms with Crippen LogP contribution in [0.2, 0.25) is 0 Å². The van der Waals surface area contributed by atoms with E-state index in [1.807, 2.05) is 69.3 Å². The quantitative estimate of drug-likeness (QED) is 0.325. The van der Waals surface area contributed by atoms with E-state index in [1.165, 1.54) is 5.56 Å². The van der Waals surface area contributed by atoms with Gasteiger partial charge in [0.15, 0.2) is 5.11 Å². The van der Waals surface area contributed by atoms with Crippen molar-refractivity contribution in [1.82, 2.24) is 15.3 Å². The number of nitrogens with zero attached hydrogens (tertiary/aromatic N) is 3. The van der Waals surface area contributed by atoms with Crippen molar-refractivity contribution in [1.29, 1.82) is 0 Å². The SMILES string of the molecule is Cc1ccc(NC(=S)NC(=NCc2ccccc2)Nc2nc(C)cc(C)n2)c(C)c1. The Kier molecular flexibility index (Phi) is 7.08. The molecule has 0 radical (unpaired) electrons. The molecule has 2 aromatic carbocycles. The maximum atomic E-state index is 5.52. The van der Waals surface area contributed by atoms with Crippen LogP contribution in [0.4, 0.5) is 11.6 Å². The van der Waals surface area contributed by atoms with E-state index in [0.29, 0.717) is 23.6 Å². The predicted molar refractivity (Wildman–Crippen MR) is 128 cm³/mol. The fourth-order valence-corrected chi connectivity index (χ4v) is 3.17. The Balaban J connectivity index is 1.78. The number of nitrogens with one attached hydrogen (secondary N) is 3. The molecular weight excluding hydrogens is 392 g/mol. The van der Waals surface area contributed by atoms with E-state index in [2.05, 4.69) is 43.9 Å². The Morgan fingerprint density at radius 1 is 0.900 bits per heavy atom. The molecule has 0 aliphatic carbocycles. The van der Waals surface area contributed by atoms with Gasteiger partial charge in [0, 0.05) is 17.1 Å². The fourth-order valence-electron chi connectivity index (χ4n) is 2.97. The van der Waals surface area contributed by atoms with Crippen LogP contribution >= 0.6 is 12.2 Å². The van der Waals surface area contributed by atoms with Gasteiger partial charge in [-0.05, 0) is 63.2 Å². The third kappa shape index (κ3) is 6.35. The third-order valence-corrected chi connectivity index (χ3v) is 4.54. The predicted octanol–water partition coefficient (Wildman–Crippen LogP) is 4.66. The van der Waals surface area contributed by atoms with Gasteiger partial charge in [0.2, 0.25) is 11.9 Å². The van der Waals surface area contributed by atoms with Crippen LogP contribution in [0.3, 0.4) is 0 Å². The molecule has 0 unspecified atom stereocenters. The molecule has 0 spiro atoms. The number of benzene rings is 2. The van der Waals surface area contributed by atoms with Crippen LogP contribution in [0.5, 0.6) is 0 Å². The van der Waals surface area contributed by atoms with Gasteiger partial charge in [0.05, 0.1) is 6.54 Å². The van der Waals surface area contributed by atoms with Crippen molar-refractivity contribution in [2.75, 3.05) is 10.6 Å². The van der Waals surface area contributed by atoms with Gasteiger partial charge < -0.3 is 10.6 Å². The van der Waals surface area contributed by atoms with Crippen molar-refractivity contribution in [3.05, 3.63) is 82.7 Å². The van der Waals surface area contributed by atoms with Gasteiger partial charge in [0.25, 0.3) is 0 Å². The van der Waals surface area contributed by atoms with E-state index in [9.17, 15) is 0 Å². The second-order valence-corrected chi connectivity index (χ2v) is 7.56. The summed E-state index contributed by atoms with van der Waals surface area (Å²) in [5, 5.41) is 9.97. The van der Waals surface area contributed by atoms with E-state index in [-0.39, 0.29) is 0 Å². The number of aliphatic imine (C=N–C) groups is 1. The van der Waals surface area contributed by atoms with Crippen molar-refractivity contribution in [3.63, 3.8) is 0 Å². The highest BCUT2D eigenvalue weighted by molar-refractivity contribution is 7.80. The Morgan fingerprint density at radius 2 is 1.60 bits per heavy atom. The van der Waals surface area contributed by atoms with Gasteiger partial charge in [-0.25, -0.2) is 15.0 Å². The third-order valence-electron chi connectivity index (χ3n) is 4.34. The van der Waals surface area contributed by atoms with Gasteiger partial charge in [-0.3, -0.25) is 5.32 Å². The van der Waals surface area contributed by atoms with E-state index < -0.39 is 0 Å². The van der Waals surface area contributed by atoms with Crippen molar-refractivity contribution in [2.45, 2.75) is 34.2 Å². The van der Waals surface area contributed by atoms with Gasteiger partial charge in [-0.1, -0.05) is 48.0 Å². The van der Waals surface area contributed by atoms with Crippen LogP contribution in [0.15, 0.2) is 59.6 Å². The lowest BCUT2D eigenvalue weighted by Crippen LogP contribution is -2.39. The number of rotatable bonds is 4. The molecule has 0 saturated carbocycles. The van der Waals surface area contributed by atoms with Crippen LogP contribution in [0, 0.1) is 27.7 Å². The largest absolute Gasteiger partial charge is 0.332 e. The van der Waals surface area contributed by atoms with E-state index in [1.54, 1.807) is 0 Å². The highest BCUT2D eigenvalue weighted by atomic mass is 32.1. The molecule has 154 valence electrons. The van der Waals surface area contributed by atoms with E-state index in [4.69, 9.17) is 12.2 Å². The first-order valence-electron chi connectivity index (χ1n) is 9.72. The van der Waals surface area contributed by atoms with Crippen LogP contribution in [0.1, 0.15) is 28.1 Å². The maximum absolute atomic E-state index is 5.52. The Morgan fingerprint density at radius 3 is 2.27 bits per heavy atom. The molecule has 1 heterocycles. The first-order valence-corrected chi connectivity index (χ1v) is 10.1. The lowest BCUT2D eigenvalue weighted by molar-refractivity contribution is 1.03. The summed E-state index contributed by atoms with van der Waals surface area (Å²) in [5.41, 5.74) is 6.12. The number of guanidine groups is 1. The summed E-state index contributed by atoms with van der Waals surface area (Å²) >= 11 is 5.52. The summed E-state index contributed by atoms with van der Waals surface area (Å²) in [5.74, 6) is 0.951. The second-order valence-electron chi connectivity index (χ2n) is 7.15. The zero-order valence-electron chi connectivity index (χ0n) is 17.7. The van der Waals surface area contributed by atoms with E-state index in [0.717, 1.165) is 28.2 Å². The topological polar surface area (TPSA) is 74.2 Å². The molecule has 3 rings (SSSR count). The Hall–Kier alpha value is -3.32. The molecule has 6 nitrogen and oxygen atoms in total. The smallest absolute Gasteiger partial charge is 0.229 e. The molecule has 0 atom stereocenters. The number of aromatic nitrogens is 2. The highest BCUT2D eigenvalue weighted by Crippen LogP contribution is 2.15. The number of aryl methyl sites for hydroxylation is 4. The molecule has 0 saturated heterocycles. The van der Waals surface area contributed by atoms with Crippen molar-refractivity contribution in [2.24, 2.45) is 4.99 Å². The number of hydrogen-bond acceptors (Lipinski definition) is 4. The molecule has 30 heavy (non-hydrogen) atoms. The molecule has 0 aliphatic heterocycles. The zero-order valence-corrected chi connectivity index (χ0v) is 18.5. The van der Waals surface area contributed by atoms with Crippen LogP contribution in [0.25, 0.3) is 0 Å². The number of thiocarbonyl (C=S) groups is 1. The molecule has 3 aromatic rings. The number of anilines is 2. The average molecular weight is 419 g/mol. The second kappa shape index (κ2) is 9.93. The van der Waals surface area contributed by atoms with Crippen LogP contribution < -0.4 is 16.0 Å². The summed E-state index contributed by atoms with van der Waals surface area (Å²) in [6.07, 6.45) is 0. The first-order chi connectivity index (χ1) is 14.4. The molecule has 0 amide bonds. The normalized spacial score (nSPS) is 11.1. The summed E-state index contributed by atoms with van der Waals surface area (Å²) in [6.45, 7) is 8.47. The van der Waals surface area contributed by atoms with Crippen molar-refractivity contribution in [3.8, 4) is 0 Å². The van der Waals surface area contributed by atoms with Crippen LogP contribution in [-0.4, -0.2) is 21.0 Å². The van der Waals surface area contributed by atoms with Gasteiger partial charge >= 0.3 is 0 Å². The lowest BCUT2D eigenvalue weighted by Gasteiger charge is -2.15. The molecule has 0 bridgehead atoms. The Bertz CT molecular complexity index is 1040. The molecule has 7 heteroatoms. The summed E-state index contributed by atoms with van der Waals surface area (Å²) < 4.78 is 0. The van der Waals surface area contributed by atoms with Gasteiger partial charge in [-0.2, -0.15) is 0 Å². The fraction of sp³-hybridized carbons (Fsp3) is 0.217. The maximum Gasteiger partial charge on any atom is 0.229 e. The monoisotopic (exact) mass is 418 g/mol.